The quantitative estimate of drug-likeness (QED) is 0.329. The highest BCUT2D eigenvalue weighted by molar-refractivity contribution is 5.79. The third kappa shape index (κ3) is 10.9. The largest absolute Gasteiger partial charge is 0.573 e. The molecular formula is C17H23F6N3O2. The van der Waals surface area contributed by atoms with Crippen molar-refractivity contribution in [2.45, 2.75) is 32.3 Å². The maximum absolute atomic E-state index is 12.2. The Labute approximate surface area is 158 Å². The SMILES string of the molecule is CCNC(=NCC(CO)Cc1ccc(OC(F)(F)F)cc1)NCCC(F)(F)F. The summed E-state index contributed by atoms with van der Waals surface area (Å²) in [6.07, 6.45) is -9.73. The fourth-order valence-corrected chi connectivity index (χ4v) is 2.23. The lowest BCUT2D eigenvalue weighted by Crippen LogP contribution is -2.39. The maximum Gasteiger partial charge on any atom is 0.573 e. The van der Waals surface area contributed by atoms with E-state index < -0.39 is 19.0 Å². The van der Waals surface area contributed by atoms with E-state index in [2.05, 4.69) is 20.4 Å². The maximum atomic E-state index is 12.2. The second-order valence-corrected chi connectivity index (χ2v) is 5.96. The minimum atomic E-state index is -4.77. The number of hydrogen-bond acceptors (Lipinski definition) is 3. The number of ether oxygens (including phenoxy) is 1. The van der Waals surface area contributed by atoms with Crippen molar-refractivity contribution in [3.63, 3.8) is 0 Å². The van der Waals surface area contributed by atoms with Crippen molar-refractivity contribution in [3.8, 4) is 5.75 Å². The molecule has 160 valence electrons. The first kappa shape index (κ1) is 23.9. The van der Waals surface area contributed by atoms with E-state index >= 15 is 0 Å². The Morgan fingerprint density at radius 3 is 2.25 bits per heavy atom. The second kappa shape index (κ2) is 11.0. The minimum Gasteiger partial charge on any atom is -0.406 e. The zero-order valence-corrected chi connectivity index (χ0v) is 15.2. The summed E-state index contributed by atoms with van der Waals surface area (Å²) in [5, 5.41) is 14.9. The number of hydrogen-bond donors (Lipinski definition) is 3. The van der Waals surface area contributed by atoms with Crippen LogP contribution in [0.4, 0.5) is 26.3 Å². The molecule has 0 radical (unpaired) electrons. The number of benzene rings is 1. The van der Waals surface area contributed by atoms with E-state index in [1.54, 1.807) is 6.92 Å². The average Bonchev–Trinajstić information content (AvgIpc) is 2.57. The number of rotatable bonds is 9. The number of aliphatic hydroxyl groups excluding tert-OH is 1. The van der Waals surface area contributed by atoms with Gasteiger partial charge in [-0.2, -0.15) is 13.2 Å². The summed E-state index contributed by atoms with van der Waals surface area (Å²) >= 11 is 0. The predicted octanol–water partition coefficient (Wildman–Crippen LogP) is 3.24. The van der Waals surface area contributed by atoms with Crippen molar-refractivity contribution in [1.82, 2.24) is 10.6 Å². The third-order valence-corrected chi connectivity index (χ3v) is 3.49. The average molecular weight is 415 g/mol. The van der Waals surface area contributed by atoms with Crippen molar-refractivity contribution in [2.24, 2.45) is 10.9 Å². The van der Waals surface area contributed by atoms with Crippen LogP contribution in [0.15, 0.2) is 29.3 Å². The second-order valence-electron chi connectivity index (χ2n) is 5.96. The summed E-state index contributed by atoms with van der Waals surface area (Å²) in [5.74, 6) is -0.510. The van der Waals surface area contributed by atoms with Gasteiger partial charge in [-0.1, -0.05) is 12.1 Å². The lowest BCUT2D eigenvalue weighted by molar-refractivity contribution is -0.274. The first-order valence-corrected chi connectivity index (χ1v) is 8.57. The molecule has 0 bridgehead atoms. The number of alkyl halides is 6. The van der Waals surface area contributed by atoms with Gasteiger partial charge in [0.05, 0.1) is 6.42 Å². The molecule has 0 heterocycles. The van der Waals surface area contributed by atoms with Gasteiger partial charge in [0.1, 0.15) is 5.75 Å². The van der Waals surface area contributed by atoms with Crippen molar-refractivity contribution >= 4 is 5.96 Å². The van der Waals surface area contributed by atoms with E-state index in [4.69, 9.17) is 0 Å². The predicted molar refractivity (Wildman–Crippen MR) is 92.1 cm³/mol. The van der Waals surface area contributed by atoms with Crippen LogP contribution in [0.3, 0.4) is 0 Å². The molecule has 5 nitrogen and oxygen atoms in total. The van der Waals surface area contributed by atoms with Gasteiger partial charge in [0.25, 0.3) is 0 Å². The van der Waals surface area contributed by atoms with E-state index in [1.807, 2.05) is 0 Å². The number of aliphatic hydroxyl groups is 1. The summed E-state index contributed by atoms with van der Waals surface area (Å²) in [7, 11) is 0. The van der Waals surface area contributed by atoms with Gasteiger partial charge in [-0.3, -0.25) is 4.99 Å². The van der Waals surface area contributed by atoms with E-state index in [0.29, 0.717) is 18.5 Å². The van der Waals surface area contributed by atoms with Crippen LogP contribution in [0.5, 0.6) is 5.75 Å². The smallest absolute Gasteiger partial charge is 0.406 e. The topological polar surface area (TPSA) is 65.9 Å². The highest BCUT2D eigenvalue weighted by atomic mass is 19.4. The van der Waals surface area contributed by atoms with Crippen LogP contribution in [0.1, 0.15) is 18.9 Å². The molecule has 1 aromatic rings. The van der Waals surface area contributed by atoms with Crippen molar-refractivity contribution < 1.29 is 36.2 Å². The molecular weight excluding hydrogens is 392 g/mol. The van der Waals surface area contributed by atoms with E-state index in [9.17, 15) is 31.4 Å². The van der Waals surface area contributed by atoms with E-state index in [1.165, 1.54) is 24.3 Å². The molecule has 0 spiro atoms. The fraction of sp³-hybridized carbons (Fsp3) is 0.588. The molecule has 11 heteroatoms. The Morgan fingerprint density at radius 1 is 1.11 bits per heavy atom. The molecule has 0 saturated carbocycles. The van der Waals surface area contributed by atoms with Gasteiger partial charge in [-0.05, 0) is 31.0 Å². The van der Waals surface area contributed by atoms with Gasteiger partial charge in [-0.15, -0.1) is 13.2 Å². The van der Waals surface area contributed by atoms with Crippen molar-refractivity contribution in [2.75, 3.05) is 26.2 Å². The van der Waals surface area contributed by atoms with Crippen LogP contribution in [0, 0.1) is 5.92 Å². The molecule has 0 aliphatic heterocycles. The number of guanidine groups is 1. The number of nitrogens with one attached hydrogen (secondary N) is 2. The first-order valence-electron chi connectivity index (χ1n) is 8.57. The monoisotopic (exact) mass is 415 g/mol. The Bertz CT molecular complexity index is 602. The van der Waals surface area contributed by atoms with Gasteiger partial charge in [0.2, 0.25) is 0 Å². The van der Waals surface area contributed by atoms with Crippen LogP contribution < -0.4 is 15.4 Å². The van der Waals surface area contributed by atoms with Crippen LogP contribution in [0.2, 0.25) is 0 Å². The Kier molecular flexibility index (Phi) is 9.36. The molecule has 0 amide bonds. The van der Waals surface area contributed by atoms with Gasteiger partial charge >= 0.3 is 12.5 Å². The zero-order valence-electron chi connectivity index (χ0n) is 15.2. The van der Waals surface area contributed by atoms with Crippen LogP contribution in [-0.4, -0.2) is 49.8 Å². The molecule has 1 aromatic carbocycles. The van der Waals surface area contributed by atoms with Crippen molar-refractivity contribution in [3.05, 3.63) is 29.8 Å². The number of aliphatic imine (C=N–C) groups is 1. The van der Waals surface area contributed by atoms with E-state index in [-0.39, 0.29) is 37.3 Å². The van der Waals surface area contributed by atoms with Crippen molar-refractivity contribution in [1.29, 1.82) is 0 Å². The summed E-state index contributed by atoms with van der Waals surface area (Å²) in [4.78, 5) is 4.16. The van der Waals surface area contributed by atoms with Gasteiger partial charge in [0, 0.05) is 32.2 Å². The lowest BCUT2D eigenvalue weighted by Gasteiger charge is -2.16. The molecule has 1 atom stereocenters. The molecule has 0 fully saturated rings. The molecule has 0 aromatic heterocycles. The van der Waals surface area contributed by atoms with Gasteiger partial charge in [0.15, 0.2) is 5.96 Å². The van der Waals surface area contributed by atoms with Crippen LogP contribution in [0.25, 0.3) is 0 Å². The number of halogens is 6. The highest BCUT2D eigenvalue weighted by Crippen LogP contribution is 2.23. The Balaban J connectivity index is 2.62. The van der Waals surface area contributed by atoms with E-state index in [0.717, 1.165) is 0 Å². The first-order chi connectivity index (χ1) is 13.0. The van der Waals surface area contributed by atoms with Gasteiger partial charge in [-0.25, -0.2) is 0 Å². The minimum absolute atomic E-state index is 0.124. The molecule has 1 unspecified atom stereocenters. The van der Waals surface area contributed by atoms with Crippen LogP contribution in [-0.2, 0) is 6.42 Å². The standard InChI is InChI=1S/C17H23F6N3O2/c1-2-24-15(25-8-7-16(18,19)20)26-10-13(11-27)9-12-3-5-14(6-4-12)28-17(21,22)23/h3-6,13,27H,2,7-11H2,1H3,(H2,24,25,26). The Hall–Kier alpha value is -2.17. The van der Waals surface area contributed by atoms with Crippen LogP contribution >= 0.6 is 0 Å². The Morgan fingerprint density at radius 2 is 1.75 bits per heavy atom. The molecule has 0 saturated heterocycles. The molecule has 3 N–H and O–H groups in total. The summed E-state index contributed by atoms with van der Waals surface area (Å²) < 4.78 is 76.9. The molecule has 28 heavy (non-hydrogen) atoms. The summed E-state index contributed by atoms with van der Waals surface area (Å²) in [6, 6.07) is 5.23. The summed E-state index contributed by atoms with van der Waals surface area (Å²) in [5.41, 5.74) is 0.666. The normalized spacial score (nSPS) is 13.9. The molecule has 0 aliphatic rings. The fourth-order valence-electron chi connectivity index (χ4n) is 2.23. The summed E-state index contributed by atoms with van der Waals surface area (Å²) in [6.45, 7) is 1.75. The van der Waals surface area contributed by atoms with Gasteiger partial charge < -0.3 is 20.5 Å². The molecule has 0 aliphatic carbocycles. The number of nitrogens with zero attached hydrogens (tertiary/aromatic N) is 1. The zero-order chi connectivity index (χ0) is 21.2. The lowest BCUT2D eigenvalue weighted by atomic mass is 10.0. The third-order valence-electron chi connectivity index (χ3n) is 3.49. The highest BCUT2D eigenvalue weighted by Gasteiger charge is 2.31. The molecule has 1 rings (SSSR count).